The van der Waals surface area contributed by atoms with Gasteiger partial charge in [-0.1, -0.05) is 12.1 Å². The Morgan fingerprint density at radius 3 is 2.71 bits per heavy atom. The second-order valence-electron chi connectivity index (χ2n) is 6.22. The average Bonchev–Trinajstić information content (AvgIpc) is 3.41. The highest BCUT2D eigenvalue weighted by Crippen LogP contribution is 2.27. The van der Waals surface area contributed by atoms with Crippen molar-refractivity contribution in [1.82, 2.24) is 19.3 Å². The molecule has 3 aromatic heterocycles. The third-order valence-electron chi connectivity index (χ3n) is 4.33. The molecule has 0 aliphatic rings. The molecule has 0 saturated heterocycles. The van der Waals surface area contributed by atoms with Gasteiger partial charge in [-0.3, -0.25) is 9.36 Å². The predicted molar refractivity (Wildman–Crippen MR) is 102 cm³/mol. The SMILES string of the molecule is Cc1oc(-n2cccc2)c(C#N)c1C(=O)Nc1cccc(-c2nncn2C)c1. The highest BCUT2D eigenvalue weighted by Gasteiger charge is 2.24. The number of benzene rings is 1. The monoisotopic (exact) mass is 372 g/mol. The maximum absolute atomic E-state index is 12.9. The molecule has 3 heterocycles. The van der Waals surface area contributed by atoms with E-state index < -0.39 is 5.91 Å². The van der Waals surface area contributed by atoms with E-state index in [1.165, 1.54) is 0 Å². The third kappa shape index (κ3) is 2.95. The summed E-state index contributed by atoms with van der Waals surface area (Å²) >= 11 is 0. The number of nitrogens with zero attached hydrogens (tertiary/aromatic N) is 5. The van der Waals surface area contributed by atoms with Crippen LogP contribution in [0.5, 0.6) is 0 Å². The summed E-state index contributed by atoms with van der Waals surface area (Å²) in [5.41, 5.74) is 1.80. The summed E-state index contributed by atoms with van der Waals surface area (Å²) in [6, 6.07) is 13.0. The fourth-order valence-corrected chi connectivity index (χ4v) is 3.03. The van der Waals surface area contributed by atoms with Crippen LogP contribution >= 0.6 is 0 Å². The summed E-state index contributed by atoms with van der Waals surface area (Å²) in [6.45, 7) is 1.67. The second-order valence-corrected chi connectivity index (χ2v) is 6.22. The molecule has 1 amide bonds. The van der Waals surface area contributed by atoms with E-state index in [0.717, 1.165) is 5.56 Å². The largest absolute Gasteiger partial charge is 0.443 e. The smallest absolute Gasteiger partial charge is 0.260 e. The molecule has 1 aromatic carbocycles. The van der Waals surface area contributed by atoms with Gasteiger partial charge in [-0.2, -0.15) is 5.26 Å². The molecule has 8 heteroatoms. The Kier molecular flexibility index (Phi) is 4.26. The maximum Gasteiger partial charge on any atom is 0.260 e. The summed E-state index contributed by atoms with van der Waals surface area (Å²) in [5, 5.41) is 20.4. The van der Waals surface area contributed by atoms with Crippen LogP contribution in [0.25, 0.3) is 17.3 Å². The molecule has 8 nitrogen and oxygen atoms in total. The molecule has 0 aliphatic heterocycles. The van der Waals surface area contributed by atoms with Gasteiger partial charge in [0.1, 0.15) is 29.3 Å². The molecule has 0 spiro atoms. The van der Waals surface area contributed by atoms with Crippen LogP contribution in [0.4, 0.5) is 5.69 Å². The van der Waals surface area contributed by atoms with Crippen LogP contribution in [-0.4, -0.2) is 25.2 Å². The van der Waals surface area contributed by atoms with Crippen LogP contribution < -0.4 is 5.32 Å². The minimum Gasteiger partial charge on any atom is -0.443 e. The molecule has 1 N–H and O–H groups in total. The Balaban J connectivity index is 1.67. The molecule has 138 valence electrons. The van der Waals surface area contributed by atoms with Crippen molar-refractivity contribution in [3.8, 4) is 23.3 Å². The first-order valence-electron chi connectivity index (χ1n) is 8.51. The van der Waals surface area contributed by atoms with E-state index in [-0.39, 0.29) is 11.1 Å². The number of carbonyl (C=O) groups excluding carboxylic acids is 1. The first-order valence-corrected chi connectivity index (χ1v) is 8.51. The number of hydrogen-bond acceptors (Lipinski definition) is 5. The Labute approximate surface area is 160 Å². The number of amides is 1. The quantitative estimate of drug-likeness (QED) is 0.592. The standard InChI is InChI=1S/C20H16N6O2/c1-13-17(16(11-21)20(28-13)26-8-3-4-9-26)19(27)23-15-7-5-6-14(10-15)18-24-22-12-25(18)2/h3-10,12H,1-2H3,(H,23,27). The predicted octanol–water partition coefficient (Wildman–Crippen LogP) is 3.30. The van der Waals surface area contributed by atoms with E-state index in [0.29, 0.717) is 23.2 Å². The number of aromatic nitrogens is 4. The molecule has 0 atom stereocenters. The van der Waals surface area contributed by atoms with Crippen molar-refractivity contribution in [1.29, 1.82) is 5.26 Å². The molecule has 0 radical (unpaired) electrons. The molecule has 4 aromatic rings. The molecule has 0 unspecified atom stereocenters. The van der Waals surface area contributed by atoms with Crippen LogP contribution in [0, 0.1) is 18.3 Å². The lowest BCUT2D eigenvalue weighted by molar-refractivity contribution is 0.102. The minimum absolute atomic E-state index is 0.190. The number of furan rings is 1. The van der Waals surface area contributed by atoms with Gasteiger partial charge in [0.2, 0.25) is 5.88 Å². The van der Waals surface area contributed by atoms with Gasteiger partial charge in [-0.25, -0.2) is 0 Å². The van der Waals surface area contributed by atoms with Crippen molar-refractivity contribution < 1.29 is 9.21 Å². The second kappa shape index (κ2) is 6.89. The van der Waals surface area contributed by atoms with Crippen LogP contribution in [0.3, 0.4) is 0 Å². The van der Waals surface area contributed by atoms with Crippen LogP contribution in [0.15, 0.2) is 59.5 Å². The number of hydrogen-bond donors (Lipinski definition) is 1. The van der Waals surface area contributed by atoms with E-state index in [2.05, 4.69) is 21.6 Å². The van der Waals surface area contributed by atoms with Crippen molar-refractivity contribution in [2.24, 2.45) is 7.05 Å². The van der Waals surface area contributed by atoms with Gasteiger partial charge in [0, 0.05) is 30.7 Å². The Bertz CT molecular complexity index is 1190. The van der Waals surface area contributed by atoms with Crippen molar-refractivity contribution in [3.05, 3.63) is 72.0 Å². The molecular weight excluding hydrogens is 356 g/mol. The third-order valence-corrected chi connectivity index (χ3v) is 4.33. The van der Waals surface area contributed by atoms with Crippen molar-refractivity contribution in [2.75, 3.05) is 5.32 Å². The summed E-state index contributed by atoms with van der Waals surface area (Å²) in [4.78, 5) is 12.9. The molecule has 0 fully saturated rings. The number of carbonyl (C=O) groups is 1. The zero-order chi connectivity index (χ0) is 19.7. The topological polar surface area (TPSA) is 102 Å². The number of rotatable bonds is 4. The number of nitrogens with one attached hydrogen (secondary N) is 1. The van der Waals surface area contributed by atoms with E-state index in [9.17, 15) is 10.1 Å². The highest BCUT2D eigenvalue weighted by atomic mass is 16.4. The van der Waals surface area contributed by atoms with Crippen molar-refractivity contribution in [3.63, 3.8) is 0 Å². The Morgan fingerprint density at radius 2 is 2.04 bits per heavy atom. The van der Waals surface area contributed by atoms with Crippen molar-refractivity contribution in [2.45, 2.75) is 6.92 Å². The van der Waals surface area contributed by atoms with Gasteiger partial charge in [-0.05, 0) is 31.2 Å². The lowest BCUT2D eigenvalue weighted by Gasteiger charge is -2.07. The number of anilines is 1. The summed E-state index contributed by atoms with van der Waals surface area (Å²) in [7, 11) is 1.84. The van der Waals surface area contributed by atoms with Crippen molar-refractivity contribution >= 4 is 11.6 Å². The van der Waals surface area contributed by atoms with Crippen LogP contribution in [0.2, 0.25) is 0 Å². The fraction of sp³-hybridized carbons (Fsp3) is 0.100. The molecule has 0 saturated carbocycles. The lowest BCUT2D eigenvalue weighted by atomic mass is 10.1. The summed E-state index contributed by atoms with van der Waals surface area (Å²) < 4.78 is 9.15. The summed E-state index contributed by atoms with van der Waals surface area (Å²) in [6.07, 6.45) is 5.12. The van der Waals surface area contributed by atoms with Gasteiger partial charge in [0.05, 0.1) is 0 Å². The molecule has 0 aliphatic carbocycles. The molecule has 0 bridgehead atoms. The van der Waals surface area contributed by atoms with Gasteiger partial charge >= 0.3 is 0 Å². The van der Waals surface area contributed by atoms with Crippen LogP contribution in [-0.2, 0) is 7.05 Å². The van der Waals surface area contributed by atoms with E-state index in [1.807, 2.05) is 31.3 Å². The molecule has 4 rings (SSSR count). The lowest BCUT2D eigenvalue weighted by Crippen LogP contribution is -2.14. The Morgan fingerprint density at radius 1 is 1.25 bits per heavy atom. The van der Waals surface area contributed by atoms with Gasteiger partial charge in [0.15, 0.2) is 5.82 Å². The normalized spacial score (nSPS) is 10.6. The van der Waals surface area contributed by atoms with Gasteiger partial charge < -0.3 is 14.3 Å². The molecule has 28 heavy (non-hydrogen) atoms. The average molecular weight is 372 g/mol. The Hall–Kier alpha value is -4.12. The van der Waals surface area contributed by atoms with E-state index in [4.69, 9.17) is 4.42 Å². The number of aryl methyl sites for hydroxylation is 2. The minimum atomic E-state index is -0.411. The highest BCUT2D eigenvalue weighted by molar-refractivity contribution is 6.07. The fourth-order valence-electron chi connectivity index (χ4n) is 3.03. The van der Waals surface area contributed by atoms with Gasteiger partial charge in [0.25, 0.3) is 5.91 Å². The number of nitriles is 1. The first kappa shape index (κ1) is 17.3. The first-order chi connectivity index (χ1) is 13.6. The van der Waals surface area contributed by atoms with Crippen LogP contribution in [0.1, 0.15) is 21.7 Å². The van der Waals surface area contributed by atoms with Gasteiger partial charge in [-0.15, -0.1) is 10.2 Å². The van der Waals surface area contributed by atoms with E-state index >= 15 is 0 Å². The zero-order valence-electron chi connectivity index (χ0n) is 15.2. The summed E-state index contributed by atoms with van der Waals surface area (Å²) in [5.74, 6) is 0.972. The zero-order valence-corrected chi connectivity index (χ0v) is 15.2. The maximum atomic E-state index is 12.9. The van der Waals surface area contributed by atoms with E-state index in [1.54, 1.807) is 46.9 Å². The molecular formula is C20H16N6O2.